The number of nitrogens with one attached hydrogen (secondary N) is 2. The maximum Gasteiger partial charge on any atom is 0.328 e. The molecule has 0 spiro atoms. The smallest absolute Gasteiger partial charge is 0.328 e. The van der Waals surface area contributed by atoms with Crippen LogP contribution in [0.4, 0.5) is 10.7 Å². The normalized spacial score (nSPS) is 11.5. The van der Waals surface area contributed by atoms with E-state index in [2.05, 4.69) is 10.0 Å². The molecule has 0 aliphatic heterocycles. The van der Waals surface area contributed by atoms with Gasteiger partial charge in [-0.25, -0.2) is 27.9 Å². The van der Waals surface area contributed by atoms with Gasteiger partial charge in [0.2, 0.25) is 5.95 Å². The van der Waals surface area contributed by atoms with E-state index in [1.165, 1.54) is 12.1 Å². The third-order valence-corrected chi connectivity index (χ3v) is 7.09. The van der Waals surface area contributed by atoms with E-state index in [1.807, 2.05) is 74.7 Å². The molecule has 0 saturated heterocycles. The predicted molar refractivity (Wildman–Crippen MR) is 141 cm³/mol. The number of benzene rings is 2. The number of carbonyl (C=O) groups excluding carboxylic acids is 1. The molecule has 10 heteroatoms. The molecule has 0 radical (unpaired) electrons. The number of imidazole rings is 1. The number of rotatable bonds is 7. The third-order valence-electron chi connectivity index (χ3n) is 5.74. The first-order valence-corrected chi connectivity index (χ1v) is 13.0. The number of urea groups is 1. The number of carbonyl (C=O) groups is 1. The van der Waals surface area contributed by atoms with Crippen LogP contribution in [-0.4, -0.2) is 49.6 Å². The molecule has 4 aromatic rings. The molecule has 0 saturated carbocycles. The highest BCUT2D eigenvalue weighted by Crippen LogP contribution is 2.28. The summed E-state index contributed by atoms with van der Waals surface area (Å²) in [6.45, 7) is 6.12. The number of hydrogen-bond donors (Lipinski definition) is 2. The molecule has 0 aliphatic carbocycles. The fraction of sp³-hybridized carbons (Fsp3) is 0.269. The Morgan fingerprint density at radius 1 is 1.00 bits per heavy atom. The SMILES string of the molecule is Cc1ccc(S(=O)(=O)NC(=O)NCCc2cccc(-n3c(N(C)C)nc4c(C)cc(C)nc43)c2)cc1. The van der Waals surface area contributed by atoms with Crippen LogP contribution in [0.15, 0.2) is 59.5 Å². The average Bonchev–Trinajstić information content (AvgIpc) is 3.19. The number of nitrogens with zero attached hydrogens (tertiary/aromatic N) is 4. The Bertz CT molecular complexity index is 1530. The van der Waals surface area contributed by atoms with Crippen LogP contribution in [0.1, 0.15) is 22.4 Å². The van der Waals surface area contributed by atoms with E-state index in [9.17, 15) is 13.2 Å². The molecule has 0 atom stereocenters. The molecular formula is C26H30N6O3S. The summed E-state index contributed by atoms with van der Waals surface area (Å²) in [6.07, 6.45) is 0.515. The Kier molecular flexibility index (Phi) is 6.98. The van der Waals surface area contributed by atoms with Gasteiger partial charge in [-0.1, -0.05) is 29.8 Å². The topological polar surface area (TPSA) is 109 Å². The van der Waals surface area contributed by atoms with Crippen molar-refractivity contribution >= 4 is 33.2 Å². The summed E-state index contributed by atoms with van der Waals surface area (Å²) < 4.78 is 28.9. The molecule has 2 aromatic carbocycles. The lowest BCUT2D eigenvalue weighted by molar-refractivity contribution is 0.246. The highest BCUT2D eigenvalue weighted by Gasteiger charge is 2.19. The van der Waals surface area contributed by atoms with Crippen molar-refractivity contribution in [3.8, 4) is 5.69 Å². The van der Waals surface area contributed by atoms with Crippen LogP contribution in [0.3, 0.4) is 0 Å². The maximum absolute atomic E-state index is 12.4. The van der Waals surface area contributed by atoms with Gasteiger partial charge in [-0.3, -0.25) is 4.57 Å². The summed E-state index contributed by atoms with van der Waals surface area (Å²) in [7, 11) is -0.0496. The molecule has 2 aromatic heterocycles. The summed E-state index contributed by atoms with van der Waals surface area (Å²) in [4.78, 5) is 23.8. The van der Waals surface area contributed by atoms with E-state index < -0.39 is 16.1 Å². The summed E-state index contributed by atoms with van der Waals surface area (Å²) >= 11 is 0. The molecule has 4 rings (SSSR count). The number of hydrogen-bond acceptors (Lipinski definition) is 6. The molecule has 0 unspecified atom stereocenters. The van der Waals surface area contributed by atoms with Crippen molar-refractivity contribution in [3.63, 3.8) is 0 Å². The fourth-order valence-electron chi connectivity index (χ4n) is 3.99. The van der Waals surface area contributed by atoms with Gasteiger partial charge in [0.1, 0.15) is 5.52 Å². The fourth-order valence-corrected chi connectivity index (χ4v) is 4.92. The lowest BCUT2D eigenvalue weighted by Crippen LogP contribution is -2.40. The molecule has 2 amide bonds. The number of aromatic nitrogens is 3. The number of sulfonamides is 1. The average molecular weight is 507 g/mol. The highest BCUT2D eigenvalue weighted by atomic mass is 32.2. The van der Waals surface area contributed by atoms with Gasteiger partial charge < -0.3 is 10.2 Å². The van der Waals surface area contributed by atoms with Crippen molar-refractivity contribution in [3.05, 3.63) is 77.0 Å². The lowest BCUT2D eigenvalue weighted by Gasteiger charge is -2.15. The van der Waals surface area contributed by atoms with Crippen LogP contribution in [0.25, 0.3) is 16.9 Å². The van der Waals surface area contributed by atoms with Crippen LogP contribution >= 0.6 is 0 Å². The van der Waals surface area contributed by atoms with Gasteiger partial charge in [-0.2, -0.15) is 0 Å². The van der Waals surface area contributed by atoms with Gasteiger partial charge in [0, 0.05) is 26.3 Å². The van der Waals surface area contributed by atoms with E-state index in [1.54, 1.807) is 12.1 Å². The molecule has 2 N–H and O–H groups in total. The molecular weight excluding hydrogens is 476 g/mol. The van der Waals surface area contributed by atoms with Crippen molar-refractivity contribution in [2.24, 2.45) is 0 Å². The van der Waals surface area contributed by atoms with Crippen LogP contribution in [0.2, 0.25) is 0 Å². The van der Waals surface area contributed by atoms with Gasteiger partial charge in [0.05, 0.1) is 10.6 Å². The maximum atomic E-state index is 12.4. The monoisotopic (exact) mass is 506 g/mol. The van der Waals surface area contributed by atoms with Gasteiger partial charge in [-0.15, -0.1) is 0 Å². The Morgan fingerprint density at radius 2 is 1.72 bits per heavy atom. The van der Waals surface area contributed by atoms with Gasteiger partial charge in [0.15, 0.2) is 5.65 Å². The molecule has 0 fully saturated rings. The zero-order chi connectivity index (χ0) is 26.0. The molecule has 36 heavy (non-hydrogen) atoms. The zero-order valence-corrected chi connectivity index (χ0v) is 21.8. The Labute approximate surface area is 211 Å². The lowest BCUT2D eigenvalue weighted by atomic mass is 10.1. The summed E-state index contributed by atoms with van der Waals surface area (Å²) in [5, 5.41) is 2.63. The number of amides is 2. The number of anilines is 1. The molecule has 9 nitrogen and oxygen atoms in total. The van der Waals surface area contributed by atoms with E-state index in [0.29, 0.717) is 6.42 Å². The molecule has 188 valence electrons. The van der Waals surface area contributed by atoms with Crippen LogP contribution in [-0.2, 0) is 16.4 Å². The minimum absolute atomic E-state index is 0.0410. The number of pyridine rings is 1. The second kappa shape index (κ2) is 9.98. The standard InChI is InChI=1S/C26H30N6O3S/c1-17-9-11-22(12-10-17)36(34,35)30-25(33)27-14-13-20-7-6-8-21(16-20)32-24-23(29-26(32)31(4)5)18(2)15-19(3)28-24/h6-12,15-16H,13-14H2,1-5H3,(H2,27,30,33). The van der Waals surface area contributed by atoms with Crippen molar-refractivity contribution < 1.29 is 13.2 Å². The van der Waals surface area contributed by atoms with Crippen LogP contribution in [0.5, 0.6) is 0 Å². The summed E-state index contributed by atoms with van der Waals surface area (Å²) in [5.74, 6) is 0.766. The predicted octanol–water partition coefficient (Wildman–Crippen LogP) is 3.64. The first-order chi connectivity index (χ1) is 17.0. The first kappa shape index (κ1) is 25.2. The Hall–Kier alpha value is -3.92. The number of aryl methyl sites for hydroxylation is 3. The van der Waals surface area contributed by atoms with Gasteiger partial charge in [0.25, 0.3) is 10.0 Å². The minimum Gasteiger partial charge on any atom is -0.348 e. The molecule has 0 bridgehead atoms. The molecule has 2 heterocycles. The second-order valence-corrected chi connectivity index (χ2v) is 10.7. The van der Waals surface area contributed by atoms with Crippen LogP contribution < -0.4 is 14.9 Å². The minimum atomic E-state index is -3.93. The number of fused-ring (bicyclic) bond motifs is 1. The Balaban J connectivity index is 1.49. The van der Waals surface area contributed by atoms with E-state index in [4.69, 9.17) is 9.97 Å². The van der Waals surface area contributed by atoms with E-state index in [-0.39, 0.29) is 11.4 Å². The van der Waals surface area contributed by atoms with E-state index in [0.717, 1.165) is 45.2 Å². The largest absolute Gasteiger partial charge is 0.348 e. The van der Waals surface area contributed by atoms with Crippen LogP contribution in [0, 0.1) is 20.8 Å². The quantitative estimate of drug-likeness (QED) is 0.396. The third kappa shape index (κ3) is 5.33. The van der Waals surface area contributed by atoms with E-state index >= 15 is 0 Å². The summed E-state index contributed by atoms with van der Waals surface area (Å²) in [5.41, 5.74) is 6.43. The van der Waals surface area contributed by atoms with Crippen molar-refractivity contribution in [2.75, 3.05) is 25.5 Å². The highest BCUT2D eigenvalue weighted by molar-refractivity contribution is 7.90. The zero-order valence-electron chi connectivity index (χ0n) is 21.0. The van der Waals surface area contributed by atoms with Crippen molar-refractivity contribution in [1.82, 2.24) is 24.6 Å². The van der Waals surface area contributed by atoms with Gasteiger partial charge >= 0.3 is 6.03 Å². The van der Waals surface area contributed by atoms with Crippen molar-refractivity contribution in [2.45, 2.75) is 32.1 Å². The summed E-state index contributed by atoms with van der Waals surface area (Å²) in [6, 6.07) is 15.5. The first-order valence-electron chi connectivity index (χ1n) is 11.6. The second-order valence-electron chi connectivity index (χ2n) is 8.99. The molecule has 0 aliphatic rings. The van der Waals surface area contributed by atoms with Gasteiger partial charge in [-0.05, 0) is 68.7 Å². The van der Waals surface area contributed by atoms with Crippen molar-refractivity contribution in [1.29, 1.82) is 0 Å². The Morgan fingerprint density at radius 3 is 2.42 bits per heavy atom.